The van der Waals surface area contributed by atoms with Crippen molar-refractivity contribution in [1.29, 1.82) is 10.8 Å². The van der Waals surface area contributed by atoms with E-state index < -0.39 is 22.5 Å². The predicted molar refractivity (Wildman–Crippen MR) is 156 cm³/mol. The molecule has 12 heteroatoms. The van der Waals surface area contributed by atoms with Gasteiger partial charge in [0.1, 0.15) is 18.4 Å². The summed E-state index contributed by atoms with van der Waals surface area (Å²) in [6.45, 7) is 3.92. The van der Waals surface area contributed by atoms with Crippen molar-refractivity contribution in [3.05, 3.63) is 53.6 Å². The number of hydrogen-bond donors (Lipinski definition) is 3. The molecule has 5 rings (SSSR count). The molecule has 220 valence electrons. The average Bonchev–Trinajstić information content (AvgIpc) is 3.81. The number of rotatable bonds is 9. The Hall–Kier alpha value is -3.80. The van der Waals surface area contributed by atoms with Crippen LogP contribution in [0.4, 0.5) is 5.69 Å². The summed E-state index contributed by atoms with van der Waals surface area (Å²) in [7, 11) is -4.13. The summed E-state index contributed by atoms with van der Waals surface area (Å²) in [6.07, 6.45) is 4.54. The Kier molecular flexibility index (Phi) is 8.39. The van der Waals surface area contributed by atoms with Crippen molar-refractivity contribution in [3.8, 4) is 5.75 Å². The van der Waals surface area contributed by atoms with E-state index in [0.29, 0.717) is 36.9 Å². The van der Waals surface area contributed by atoms with E-state index in [0.717, 1.165) is 60.0 Å². The maximum absolute atomic E-state index is 13.9. The second-order valence-electron chi connectivity index (χ2n) is 10.8. The fourth-order valence-corrected chi connectivity index (χ4v) is 6.78. The second kappa shape index (κ2) is 12.0. The third-order valence-electron chi connectivity index (χ3n) is 7.87. The molecule has 0 atom stereocenters. The molecule has 0 amide bonds. The number of nitrogens with zero attached hydrogens (tertiary/aromatic N) is 3. The Morgan fingerprint density at radius 1 is 1.00 bits per heavy atom. The first-order valence-electron chi connectivity index (χ1n) is 14.1. The number of nitrogens with two attached hydrogens (primary N) is 1. The standard InChI is InChI=1S/C29H38N6O5S/c1-2-39-27(36)19-35(23-6-5-20-11-14-34(29(31)32)18-22(20)17-23)41(37,38)26-9-7-24(8-10-26)40-25-12-15-33(16-13-25)28(30)21-3-4-21/h5-10,17,21,25,30H,2-4,11-16,18-19H2,1H3,(H3,31,32). The average molecular weight is 583 g/mol. The van der Waals surface area contributed by atoms with Crippen LogP contribution in [0.15, 0.2) is 47.4 Å². The summed E-state index contributed by atoms with van der Waals surface area (Å²) in [5.74, 6) is 1.07. The Morgan fingerprint density at radius 3 is 2.34 bits per heavy atom. The van der Waals surface area contributed by atoms with Crippen molar-refractivity contribution < 1.29 is 22.7 Å². The van der Waals surface area contributed by atoms with Gasteiger partial charge < -0.3 is 25.0 Å². The van der Waals surface area contributed by atoms with Crippen LogP contribution >= 0.6 is 0 Å². The molecule has 2 aromatic carbocycles. The van der Waals surface area contributed by atoms with Crippen molar-refractivity contribution in [3.63, 3.8) is 0 Å². The molecule has 1 saturated carbocycles. The number of ether oxygens (including phenoxy) is 2. The van der Waals surface area contributed by atoms with Gasteiger partial charge in [-0.25, -0.2) is 8.42 Å². The lowest BCUT2D eigenvalue weighted by atomic mass is 9.99. The van der Waals surface area contributed by atoms with Crippen molar-refractivity contribution >= 4 is 33.5 Å². The molecule has 2 aliphatic heterocycles. The van der Waals surface area contributed by atoms with Gasteiger partial charge in [0, 0.05) is 44.9 Å². The van der Waals surface area contributed by atoms with Gasteiger partial charge in [-0.15, -0.1) is 0 Å². The number of carbonyl (C=O) groups is 1. The highest BCUT2D eigenvalue weighted by Crippen LogP contribution is 2.33. The lowest BCUT2D eigenvalue weighted by Crippen LogP contribution is -2.42. The molecule has 1 saturated heterocycles. The maximum atomic E-state index is 13.9. The van der Waals surface area contributed by atoms with Crippen LogP contribution in [0.25, 0.3) is 0 Å². The van der Waals surface area contributed by atoms with Gasteiger partial charge >= 0.3 is 5.97 Å². The Morgan fingerprint density at radius 2 is 1.71 bits per heavy atom. The fraction of sp³-hybridized carbons (Fsp3) is 0.483. The summed E-state index contributed by atoms with van der Waals surface area (Å²) in [5.41, 5.74) is 7.94. The zero-order chi connectivity index (χ0) is 29.1. The Bertz CT molecular complexity index is 1400. The summed E-state index contributed by atoms with van der Waals surface area (Å²) in [5, 5.41) is 16.1. The van der Waals surface area contributed by atoms with Crippen LogP contribution in [0.3, 0.4) is 0 Å². The topological polar surface area (TPSA) is 153 Å². The van der Waals surface area contributed by atoms with Crippen molar-refractivity contribution in [2.75, 3.05) is 37.1 Å². The highest BCUT2D eigenvalue weighted by atomic mass is 32.2. The third-order valence-corrected chi connectivity index (χ3v) is 9.66. The van der Waals surface area contributed by atoms with Crippen LogP contribution in [0.1, 0.15) is 43.7 Å². The van der Waals surface area contributed by atoms with Crippen LogP contribution < -0.4 is 14.8 Å². The highest BCUT2D eigenvalue weighted by Gasteiger charge is 2.33. The van der Waals surface area contributed by atoms with Gasteiger partial charge in [-0.2, -0.15) is 0 Å². The van der Waals surface area contributed by atoms with Crippen LogP contribution in [-0.4, -0.2) is 74.9 Å². The van der Waals surface area contributed by atoms with E-state index in [-0.39, 0.29) is 23.6 Å². The van der Waals surface area contributed by atoms with Gasteiger partial charge in [0.2, 0.25) is 0 Å². The maximum Gasteiger partial charge on any atom is 0.326 e. The number of hydrogen-bond acceptors (Lipinski definition) is 7. The zero-order valence-corrected chi connectivity index (χ0v) is 24.2. The van der Waals surface area contributed by atoms with E-state index in [9.17, 15) is 13.2 Å². The molecule has 0 aromatic heterocycles. The molecular weight excluding hydrogens is 544 g/mol. The van der Waals surface area contributed by atoms with Gasteiger partial charge in [-0.1, -0.05) is 6.07 Å². The lowest BCUT2D eigenvalue weighted by molar-refractivity contribution is -0.141. The first-order valence-corrected chi connectivity index (χ1v) is 15.6. The molecule has 0 spiro atoms. The second-order valence-corrected chi connectivity index (χ2v) is 12.6. The third kappa shape index (κ3) is 6.58. The van der Waals surface area contributed by atoms with Crippen LogP contribution in [-0.2, 0) is 32.5 Å². The van der Waals surface area contributed by atoms with Gasteiger partial charge in [-0.3, -0.25) is 19.9 Å². The molecule has 0 unspecified atom stereocenters. The van der Waals surface area contributed by atoms with E-state index in [1.54, 1.807) is 36.1 Å². The predicted octanol–water partition coefficient (Wildman–Crippen LogP) is 2.93. The van der Waals surface area contributed by atoms with Gasteiger partial charge in [0.05, 0.1) is 23.0 Å². The highest BCUT2D eigenvalue weighted by molar-refractivity contribution is 7.92. The minimum absolute atomic E-state index is 0.00564. The molecule has 2 aromatic rings. The number of guanidine groups is 1. The van der Waals surface area contributed by atoms with E-state index in [4.69, 9.17) is 26.0 Å². The summed E-state index contributed by atoms with van der Waals surface area (Å²) < 4.78 is 40.0. The molecular formula is C29H38N6O5S. The summed E-state index contributed by atoms with van der Waals surface area (Å²) in [4.78, 5) is 16.4. The Balaban J connectivity index is 1.32. The molecule has 0 radical (unpaired) electrons. The number of piperidine rings is 1. The first-order chi connectivity index (χ1) is 19.7. The monoisotopic (exact) mass is 582 g/mol. The summed E-state index contributed by atoms with van der Waals surface area (Å²) >= 11 is 0. The molecule has 3 aliphatic rings. The first kappa shape index (κ1) is 28.7. The van der Waals surface area contributed by atoms with E-state index in [1.165, 1.54) is 12.1 Å². The number of carbonyl (C=O) groups excluding carboxylic acids is 1. The Labute approximate surface area is 241 Å². The lowest BCUT2D eigenvalue weighted by Gasteiger charge is -2.34. The zero-order valence-electron chi connectivity index (χ0n) is 23.3. The van der Waals surface area contributed by atoms with Crippen molar-refractivity contribution in [2.24, 2.45) is 11.7 Å². The minimum atomic E-state index is -4.13. The van der Waals surface area contributed by atoms with Crippen LogP contribution in [0.5, 0.6) is 5.75 Å². The molecule has 4 N–H and O–H groups in total. The minimum Gasteiger partial charge on any atom is -0.490 e. The SMILES string of the molecule is CCOC(=O)CN(c1ccc2c(c1)CN(C(=N)N)CC2)S(=O)(=O)c1ccc(OC2CCN(C(=N)C3CC3)CC2)cc1. The summed E-state index contributed by atoms with van der Waals surface area (Å²) in [6, 6.07) is 11.6. The number of likely N-dealkylation sites (tertiary alicyclic amines) is 1. The smallest absolute Gasteiger partial charge is 0.326 e. The van der Waals surface area contributed by atoms with Gasteiger partial charge in [0.15, 0.2) is 5.96 Å². The van der Waals surface area contributed by atoms with E-state index >= 15 is 0 Å². The molecule has 41 heavy (non-hydrogen) atoms. The number of fused-ring (bicyclic) bond motifs is 1. The number of benzene rings is 2. The molecule has 2 heterocycles. The normalized spacial score (nSPS) is 17.5. The van der Waals surface area contributed by atoms with Crippen LogP contribution in [0.2, 0.25) is 0 Å². The van der Waals surface area contributed by atoms with Crippen molar-refractivity contribution in [1.82, 2.24) is 9.80 Å². The quantitative estimate of drug-likeness (QED) is 0.232. The number of esters is 1. The molecule has 2 fully saturated rings. The van der Waals surface area contributed by atoms with Gasteiger partial charge in [0.25, 0.3) is 10.0 Å². The number of anilines is 1. The van der Waals surface area contributed by atoms with Gasteiger partial charge in [-0.05, 0) is 73.7 Å². The van der Waals surface area contributed by atoms with Crippen molar-refractivity contribution in [2.45, 2.75) is 56.6 Å². The largest absolute Gasteiger partial charge is 0.490 e. The van der Waals surface area contributed by atoms with E-state index in [1.807, 2.05) is 6.07 Å². The molecule has 0 bridgehead atoms. The number of nitrogens with one attached hydrogen (secondary N) is 2. The molecule has 11 nitrogen and oxygen atoms in total. The number of amidine groups is 1. The fourth-order valence-electron chi connectivity index (χ4n) is 5.38. The van der Waals surface area contributed by atoms with E-state index in [2.05, 4.69) is 4.90 Å². The molecule has 1 aliphatic carbocycles. The van der Waals surface area contributed by atoms with Crippen LogP contribution in [0, 0.1) is 16.7 Å². The number of sulfonamides is 1.